The van der Waals surface area contributed by atoms with E-state index in [1.54, 1.807) is 7.11 Å². The molecule has 102 valence electrons. The van der Waals surface area contributed by atoms with Crippen LogP contribution in [0.4, 0.5) is 0 Å². The van der Waals surface area contributed by atoms with Gasteiger partial charge in [-0.15, -0.1) is 0 Å². The molecule has 1 aromatic rings. The van der Waals surface area contributed by atoms with Crippen LogP contribution in [0.5, 0.6) is 5.75 Å². The molecule has 4 heteroatoms. The van der Waals surface area contributed by atoms with E-state index in [1.165, 1.54) is 5.56 Å². The van der Waals surface area contributed by atoms with Crippen LogP contribution in [0.1, 0.15) is 18.1 Å². The first-order valence-corrected chi connectivity index (χ1v) is 6.33. The molecule has 0 unspecified atom stereocenters. The van der Waals surface area contributed by atoms with Gasteiger partial charge in [-0.2, -0.15) is 0 Å². The summed E-state index contributed by atoms with van der Waals surface area (Å²) in [6, 6.07) is 6.19. The summed E-state index contributed by atoms with van der Waals surface area (Å²) in [5.74, 6) is 0.870. The van der Waals surface area contributed by atoms with Gasteiger partial charge in [-0.1, -0.05) is 13.0 Å². The summed E-state index contributed by atoms with van der Waals surface area (Å²) in [5.41, 5.74) is 7.69. The largest absolute Gasteiger partial charge is 0.496 e. The van der Waals surface area contributed by atoms with Gasteiger partial charge in [-0.25, -0.2) is 0 Å². The van der Waals surface area contributed by atoms with Gasteiger partial charge in [0.25, 0.3) is 0 Å². The highest BCUT2D eigenvalue weighted by atomic mass is 16.5. The number of ether oxygens (including phenoxy) is 3. The Morgan fingerprint density at radius 2 is 1.89 bits per heavy atom. The summed E-state index contributed by atoms with van der Waals surface area (Å²) in [7, 11) is 1.68. The zero-order chi connectivity index (χ0) is 13.2. The van der Waals surface area contributed by atoms with Crippen LogP contribution < -0.4 is 10.5 Å². The molecule has 0 amide bonds. The molecule has 0 aromatic heterocycles. The highest BCUT2D eigenvalue weighted by Crippen LogP contribution is 2.21. The predicted molar refractivity (Wildman–Crippen MR) is 71.9 cm³/mol. The molecule has 0 atom stereocenters. The Kier molecular flexibility index (Phi) is 7.41. The van der Waals surface area contributed by atoms with Crippen LogP contribution in [-0.4, -0.2) is 33.5 Å². The van der Waals surface area contributed by atoms with Crippen LogP contribution in [-0.2, 0) is 22.5 Å². The Bertz CT molecular complexity index is 342. The van der Waals surface area contributed by atoms with Gasteiger partial charge in [0, 0.05) is 12.1 Å². The van der Waals surface area contributed by atoms with Crippen LogP contribution in [0.15, 0.2) is 18.2 Å². The van der Waals surface area contributed by atoms with Crippen molar-refractivity contribution in [2.45, 2.75) is 20.0 Å². The molecule has 18 heavy (non-hydrogen) atoms. The smallest absolute Gasteiger partial charge is 0.124 e. The molecule has 2 N–H and O–H groups in total. The molecule has 0 aliphatic heterocycles. The molecule has 0 aliphatic carbocycles. The standard InChI is InChI=1S/C14H23NO3/c1-3-12-4-5-14(16-2)13(10-12)11-18-9-8-17-7-6-15/h4-5,10H,3,6-9,11,15H2,1-2H3. The fraction of sp³-hybridized carbons (Fsp3) is 0.571. The quantitative estimate of drug-likeness (QED) is 0.681. The third-order valence-corrected chi connectivity index (χ3v) is 2.64. The monoisotopic (exact) mass is 253 g/mol. The van der Waals surface area contributed by atoms with E-state index in [1.807, 2.05) is 6.07 Å². The average Bonchev–Trinajstić information content (AvgIpc) is 2.42. The third-order valence-electron chi connectivity index (χ3n) is 2.64. The zero-order valence-corrected chi connectivity index (χ0v) is 11.3. The van der Waals surface area contributed by atoms with Crippen molar-refractivity contribution in [3.8, 4) is 5.75 Å². The Labute approximate surface area is 109 Å². The van der Waals surface area contributed by atoms with Crippen LogP contribution in [0.2, 0.25) is 0 Å². The van der Waals surface area contributed by atoms with Crippen molar-refractivity contribution in [2.24, 2.45) is 5.73 Å². The first-order valence-electron chi connectivity index (χ1n) is 6.33. The summed E-state index contributed by atoms with van der Waals surface area (Å²) in [4.78, 5) is 0. The van der Waals surface area contributed by atoms with Crippen LogP contribution in [0.25, 0.3) is 0 Å². The van der Waals surface area contributed by atoms with E-state index in [0.717, 1.165) is 17.7 Å². The van der Waals surface area contributed by atoms with Crippen LogP contribution >= 0.6 is 0 Å². The second kappa shape index (κ2) is 8.91. The van der Waals surface area contributed by atoms with Crippen molar-refractivity contribution in [1.82, 2.24) is 0 Å². The first-order chi connectivity index (χ1) is 8.81. The SMILES string of the molecule is CCc1ccc(OC)c(COCCOCCN)c1. The predicted octanol–water partition coefficient (Wildman–Crippen LogP) is 1.75. The zero-order valence-electron chi connectivity index (χ0n) is 11.3. The summed E-state index contributed by atoms with van der Waals surface area (Å²) in [6.07, 6.45) is 1.01. The van der Waals surface area contributed by atoms with Crippen molar-refractivity contribution in [3.05, 3.63) is 29.3 Å². The van der Waals surface area contributed by atoms with Gasteiger partial charge in [0.05, 0.1) is 33.5 Å². The topological polar surface area (TPSA) is 53.7 Å². The fourth-order valence-corrected chi connectivity index (χ4v) is 1.65. The van der Waals surface area contributed by atoms with Gasteiger partial charge in [0.2, 0.25) is 0 Å². The molecule has 0 aliphatic rings. The maximum atomic E-state index is 5.56. The van der Waals surface area contributed by atoms with Gasteiger partial charge >= 0.3 is 0 Å². The lowest BCUT2D eigenvalue weighted by atomic mass is 10.1. The number of hydrogen-bond donors (Lipinski definition) is 1. The van der Waals surface area contributed by atoms with Crippen LogP contribution in [0, 0.1) is 0 Å². The minimum Gasteiger partial charge on any atom is -0.496 e. The van der Waals surface area contributed by atoms with Crippen molar-refractivity contribution >= 4 is 0 Å². The second-order valence-corrected chi connectivity index (χ2v) is 3.95. The number of methoxy groups -OCH3 is 1. The summed E-state index contributed by atoms with van der Waals surface area (Å²) in [6.45, 7) is 4.95. The van der Waals surface area contributed by atoms with Gasteiger partial charge in [-0.05, 0) is 24.1 Å². The highest BCUT2D eigenvalue weighted by molar-refractivity contribution is 5.36. The summed E-state index contributed by atoms with van der Waals surface area (Å²) >= 11 is 0. The van der Waals surface area contributed by atoms with E-state index >= 15 is 0 Å². The molecule has 0 bridgehead atoms. The highest BCUT2D eigenvalue weighted by Gasteiger charge is 2.04. The van der Waals surface area contributed by atoms with Gasteiger partial charge in [0.15, 0.2) is 0 Å². The van der Waals surface area contributed by atoms with Gasteiger partial charge in [0.1, 0.15) is 5.75 Å². The third kappa shape index (κ3) is 5.04. The van der Waals surface area contributed by atoms with E-state index in [9.17, 15) is 0 Å². The summed E-state index contributed by atoms with van der Waals surface area (Å²) in [5, 5.41) is 0. The molecule has 1 rings (SSSR count). The Balaban J connectivity index is 2.39. The molecule has 0 fully saturated rings. The van der Waals surface area contributed by atoms with Crippen molar-refractivity contribution in [1.29, 1.82) is 0 Å². The van der Waals surface area contributed by atoms with E-state index in [4.69, 9.17) is 19.9 Å². The second-order valence-electron chi connectivity index (χ2n) is 3.95. The molecule has 0 saturated carbocycles. The molecule has 0 saturated heterocycles. The lowest BCUT2D eigenvalue weighted by molar-refractivity contribution is 0.0427. The lowest BCUT2D eigenvalue weighted by Gasteiger charge is -2.11. The fourth-order valence-electron chi connectivity index (χ4n) is 1.65. The number of benzene rings is 1. The Morgan fingerprint density at radius 1 is 1.11 bits per heavy atom. The Morgan fingerprint density at radius 3 is 2.56 bits per heavy atom. The maximum absolute atomic E-state index is 5.56. The van der Waals surface area contributed by atoms with E-state index in [0.29, 0.717) is 33.0 Å². The molecular formula is C14H23NO3. The summed E-state index contributed by atoms with van der Waals surface area (Å²) < 4.78 is 16.1. The molecule has 1 aromatic carbocycles. The molecule has 0 spiro atoms. The Hall–Kier alpha value is -1.10. The molecule has 0 heterocycles. The molecule has 0 radical (unpaired) electrons. The van der Waals surface area contributed by atoms with Gasteiger partial charge < -0.3 is 19.9 Å². The number of nitrogens with two attached hydrogens (primary N) is 1. The molecule has 4 nitrogen and oxygen atoms in total. The van der Waals surface area contributed by atoms with Crippen molar-refractivity contribution in [3.63, 3.8) is 0 Å². The van der Waals surface area contributed by atoms with E-state index in [2.05, 4.69) is 19.1 Å². The number of hydrogen-bond acceptors (Lipinski definition) is 4. The minimum absolute atomic E-state index is 0.545. The normalized spacial score (nSPS) is 10.6. The minimum atomic E-state index is 0.545. The van der Waals surface area contributed by atoms with Crippen LogP contribution in [0.3, 0.4) is 0 Å². The number of rotatable bonds is 9. The lowest BCUT2D eigenvalue weighted by Crippen LogP contribution is -2.12. The van der Waals surface area contributed by atoms with Crippen molar-refractivity contribution < 1.29 is 14.2 Å². The molecular weight excluding hydrogens is 230 g/mol. The van der Waals surface area contributed by atoms with E-state index < -0.39 is 0 Å². The number of aryl methyl sites for hydroxylation is 1. The maximum Gasteiger partial charge on any atom is 0.124 e. The first kappa shape index (κ1) is 15.0. The van der Waals surface area contributed by atoms with Gasteiger partial charge in [-0.3, -0.25) is 0 Å². The average molecular weight is 253 g/mol. The van der Waals surface area contributed by atoms with E-state index in [-0.39, 0.29) is 0 Å². The van der Waals surface area contributed by atoms with Crippen molar-refractivity contribution in [2.75, 3.05) is 33.5 Å².